The molecule has 0 radical (unpaired) electrons. The summed E-state index contributed by atoms with van der Waals surface area (Å²) in [5.41, 5.74) is 3.20. The average molecular weight is 487 g/mol. The van der Waals surface area contributed by atoms with E-state index in [0.29, 0.717) is 18.3 Å². The summed E-state index contributed by atoms with van der Waals surface area (Å²) in [7, 11) is 0. The van der Waals surface area contributed by atoms with Gasteiger partial charge in [0.05, 0.1) is 24.6 Å². The lowest BCUT2D eigenvalue weighted by Gasteiger charge is -2.47. The Kier molecular flexibility index (Phi) is 5.95. The number of aliphatic carboxylic acids is 1. The molecule has 36 heavy (non-hydrogen) atoms. The number of nitrogens with zero attached hydrogens (tertiary/aromatic N) is 4. The van der Waals surface area contributed by atoms with E-state index in [4.69, 9.17) is 4.42 Å². The maximum atomic E-state index is 13.4. The molecule has 2 aromatic carbocycles. The third-order valence-corrected chi connectivity index (χ3v) is 7.72. The Morgan fingerprint density at radius 3 is 2.53 bits per heavy atom. The Morgan fingerprint density at radius 1 is 0.972 bits per heavy atom. The first-order chi connectivity index (χ1) is 17.6. The van der Waals surface area contributed by atoms with Crippen molar-refractivity contribution in [2.45, 2.75) is 69.5 Å². The second-order valence-electron chi connectivity index (χ2n) is 10.1. The van der Waals surface area contributed by atoms with Gasteiger partial charge in [0.2, 0.25) is 11.8 Å². The van der Waals surface area contributed by atoms with Gasteiger partial charge in [0.15, 0.2) is 0 Å². The van der Waals surface area contributed by atoms with E-state index in [2.05, 4.69) is 27.2 Å². The van der Waals surface area contributed by atoms with Gasteiger partial charge in [0.25, 0.3) is 0 Å². The topological polar surface area (TPSA) is 99.8 Å². The number of hydrogen-bond donors (Lipinski definition) is 1. The molecule has 3 unspecified atom stereocenters. The van der Waals surface area contributed by atoms with E-state index in [-0.39, 0.29) is 42.8 Å². The number of carboxylic acid groups (broad SMARTS) is 1. The molecule has 0 saturated heterocycles. The fraction of sp³-hybridized carbons (Fsp3) is 0.429. The largest absolute Gasteiger partial charge is 0.481 e. The highest BCUT2D eigenvalue weighted by Gasteiger charge is 2.51. The van der Waals surface area contributed by atoms with E-state index in [0.717, 1.165) is 48.9 Å². The summed E-state index contributed by atoms with van der Waals surface area (Å²) >= 11 is 0. The zero-order valence-corrected chi connectivity index (χ0v) is 20.1. The lowest BCUT2D eigenvalue weighted by atomic mass is 9.81. The lowest BCUT2D eigenvalue weighted by Crippen LogP contribution is -2.49. The van der Waals surface area contributed by atoms with Crippen LogP contribution in [0, 0.1) is 5.92 Å². The van der Waals surface area contributed by atoms with Crippen molar-refractivity contribution in [1.29, 1.82) is 0 Å². The highest BCUT2D eigenvalue weighted by Crippen LogP contribution is 2.54. The maximum Gasteiger partial charge on any atom is 0.323 e. The molecule has 0 spiro atoms. The molecule has 0 bridgehead atoms. The van der Waals surface area contributed by atoms with Crippen LogP contribution >= 0.6 is 0 Å². The second-order valence-corrected chi connectivity index (χ2v) is 10.1. The van der Waals surface area contributed by atoms with Gasteiger partial charge in [-0.3, -0.25) is 14.5 Å². The molecule has 6 rings (SSSR count). The second kappa shape index (κ2) is 9.41. The SMILES string of the molecule is O=C(O)CCC(=O)N(C1CC1)C1c2ccccc2N(c2nnc(Cc3ccccc3)o2)C2CCCC21. The first kappa shape index (κ1) is 22.8. The normalized spacial score (nSPS) is 22.7. The number of carboxylic acids is 1. The molecule has 1 N–H and O–H groups in total. The van der Waals surface area contributed by atoms with Crippen molar-refractivity contribution in [3.05, 3.63) is 71.6 Å². The van der Waals surface area contributed by atoms with E-state index in [1.165, 1.54) is 0 Å². The molecule has 2 heterocycles. The van der Waals surface area contributed by atoms with Crippen LogP contribution in [-0.4, -0.2) is 44.2 Å². The highest BCUT2D eigenvalue weighted by atomic mass is 16.4. The monoisotopic (exact) mass is 486 g/mol. The Bertz CT molecular complexity index is 1260. The Labute approximate surface area is 209 Å². The number of benzene rings is 2. The molecule has 1 aliphatic heterocycles. The molecule has 8 heteroatoms. The number of anilines is 2. The maximum absolute atomic E-state index is 13.4. The molecule has 3 aliphatic rings. The van der Waals surface area contributed by atoms with Crippen molar-refractivity contribution in [3.63, 3.8) is 0 Å². The zero-order valence-electron chi connectivity index (χ0n) is 20.1. The van der Waals surface area contributed by atoms with Gasteiger partial charge < -0.3 is 14.4 Å². The third kappa shape index (κ3) is 4.25. The quantitative estimate of drug-likeness (QED) is 0.484. The highest BCUT2D eigenvalue weighted by molar-refractivity contribution is 5.82. The molecule has 1 amide bonds. The minimum Gasteiger partial charge on any atom is -0.481 e. The van der Waals surface area contributed by atoms with Crippen molar-refractivity contribution >= 4 is 23.6 Å². The smallest absolute Gasteiger partial charge is 0.323 e. The predicted molar refractivity (Wildman–Crippen MR) is 133 cm³/mol. The van der Waals surface area contributed by atoms with E-state index < -0.39 is 5.97 Å². The minimum atomic E-state index is -0.934. The number of amides is 1. The average Bonchev–Trinajstić information content (AvgIpc) is 3.41. The van der Waals surface area contributed by atoms with Crippen LogP contribution in [0.1, 0.15) is 68.0 Å². The molecule has 3 aromatic rings. The first-order valence-corrected chi connectivity index (χ1v) is 12.9. The number of hydrogen-bond acceptors (Lipinski definition) is 6. The molecular weight excluding hydrogens is 456 g/mol. The lowest BCUT2D eigenvalue weighted by molar-refractivity contribution is -0.142. The Morgan fingerprint density at radius 2 is 1.75 bits per heavy atom. The van der Waals surface area contributed by atoms with Gasteiger partial charge in [-0.15, -0.1) is 5.10 Å². The standard InChI is InChI=1S/C28H30N4O4/c33-25(15-16-26(34)35)31(19-13-14-19)27-20-9-4-5-11-22(20)32(23-12-6-10-21(23)27)28-30-29-24(36-28)17-18-7-2-1-3-8-18/h1-5,7-9,11,19,21,23,27H,6,10,12-17H2,(H,34,35). The fourth-order valence-electron chi connectivity index (χ4n) is 6.09. The van der Waals surface area contributed by atoms with Gasteiger partial charge in [-0.25, -0.2) is 0 Å². The summed E-state index contributed by atoms with van der Waals surface area (Å²) in [5, 5.41) is 18.0. The van der Waals surface area contributed by atoms with Crippen molar-refractivity contribution in [2.75, 3.05) is 4.90 Å². The summed E-state index contributed by atoms with van der Waals surface area (Å²) in [6.45, 7) is 0. The van der Waals surface area contributed by atoms with Gasteiger partial charge in [0.1, 0.15) is 0 Å². The van der Waals surface area contributed by atoms with Crippen LogP contribution in [0.25, 0.3) is 0 Å². The van der Waals surface area contributed by atoms with Crippen molar-refractivity contribution < 1.29 is 19.1 Å². The number of carbonyl (C=O) groups excluding carboxylic acids is 1. The molecule has 8 nitrogen and oxygen atoms in total. The third-order valence-electron chi connectivity index (χ3n) is 7.72. The number of fused-ring (bicyclic) bond motifs is 2. The predicted octanol–water partition coefficient (Wildman–Crippen LogP) is 4.88. The molecular formula is C28H30N4O4. The summed E-state index contributed by atoms with van der Waals surface area (Å²) in [5.74, 6) is -0.190. The van der Waals surface area contributed by atoms with Crippen molar-refractivity contribution in [3.8, 4) is 0 Å². The van der Waals surface area contributed by atoms with Crippen LogP contribution in [0.2, 0.25) is 0 Å². The number of rotatable bonds is 8. The molecule has 1 aromatic heterocycles. The molecule has 186 valence electrons. The zero-order chi connectivity index (χ0) is 24.6. The van der Waals surface area contributed by atoms with Crippen molar-refractivity contribution in [2.24, 2.45) is 5.92 Å². The van der Waals surface area contributed by atoms with Gasteiger partial charge in [0, 0.05) is 24.4 Å². The van der Waals surface area contributed by atoms with E-state index >= 15 is 0 Å². The van der Waals surface area contributed by atoms with E-state index in [9.17, 15) is 14.7 Å². The van der Waals surface area contributed by atoms with Crippen molar-refractivity contribution in [1.82, 2.24) is 15.1 Å². The fourth-order valence-corrected chi connectivity index (χ4v) is 6.09. The summed E-state index contributed by atoms with van der Waals surface area (Å²) in [6.07, 6.45) is 5.47. The summed E-state index contributed by atoms with van der Waals surface area (Å²) in [6, 6.07) is 19.0. The van der Waals surface area contributed by atoms with Gasteiger partial charge >= 0.3 is 12.0 Å². The first-order valence-electron chi connectivity index (χ1n) is 12.9. The van der Waals surface area contributed by atoms with Gasteiger partial charge in [-0.2, -0.15) is 0 Å². The van der Waals surface area contributed by atoms with Crippen LogP contribution in [0.3, 0.4) is 0 Å². The van der Waals surface area contributed by atoms with Crippen LogP contribution in [0.15, 0.2) is 59.0 Å². The van der Waals surface area contributed by atoms with Crippen LogP contribution in [-0.2, 0) is 16.0 Å². The molecule has 2 fully saturated rings. The van der Waals surface area contributed by atoms with Crippen LogP contribution < -0.4 is 4.90 Å². The minimum absolute atomic E-state index is 0.0398. The summed E-state index contributed by atoms with van der Waals surface area (Å²) < 4.78 is 6.22. The molecule has 2 saturated carbocycles. The van der Waals surface area contributed by atoms with Gasteiger partial charge in [-0.05, 0) is 42.9 Å². The number of para-hydroxylation sites is 1. The molecule has 3 atom stereocenters. The number of aromatic nitrogens is 2. The van der Waals surface area contributed by atoms with E-state index in [1.54, 1.807) is 0 Å². The van der Waals surface area contributed by atoms with Crippen LogP contribution in [0.5, 0.6) is 0 Å². The molecule has 2 aliphatic carbocycles. The Balaban J connectivity index is 1.36. The summed E-state index contributed by atoms with van der Waals surface area (Å²) in [4.78, 5) is 28.8. The van der Waals surface area contributed by atoms with Crippen LogP contribution in [0.4, 0.5) is 11.7 Å². The van der Waals surface area contributed by atoms with Gasteiger partial charge in [-0.1, -0.05) is 60.1 Å². The van der Waals surface area contributed by atoms with E-state index in [1.807, 2.05) is 47.4 Å². The Hall–Kier alpha value is -3.68. The number of carbonyl (C=O) groups is 2.